The van der Waals surface area contributed by atoms with Gasteiger partial charge in [-0.2, -0.15) is 0 Å². The molecule has 0 bridgehead atoms. The maximum Gasteiger partial charge on any atom is 0.221 e. The number of rotatable bonds is 13. The van der Waals surface area contributed by atoms with Gasteiger partial charge in [0.2, 0.25) is 11.8 Å². The van der Waals surface area contributed by atoms with Crippen LogP contribution < -0.4 is 10.6 Å². The maximum atomic E-state index is 11.9. The van der Waals surface area contributed by atoms with Crippen LogP contribution in [0.15, 0.2) is 0 Å². The Morgan fingerprint density at radius 1 is 0.857 bits per heavy atom. The van der Waals surface area contributed by atoms with Crippen LogP contribution >= 0.6 is 0 Å². The summed E-state index contributed by atoms with van der Waals surface area (Å²) in [6, 6.07) is 0. The summed E-state index contributed by atoms with van der Waals surface area (Å²) in [6.07, 6.45) is 9.48. The van der Waals surface area contributed by atoms with E-state index >= 15 is 0 Å². The van der Waals surface area contributed by atoms with Crippen molar-refractivity contribution in [3.05, 3.63) is 6.92 Å². The Labute approximate surface area is 130 Å². The molecule has 0 atom stereocenters. The number of carbonyl (C=O) groups excluding carboxylic acids is 2. The first-order chi connectivity index (χ1) is 10.1. The molecule has 0 aliphatic rings. The van der Waals surface area contributed by atoms with E-state index in [2.05, 4.69) is 31.4 Å². The highest BCUT2D eigenvalue weighted by atomic mass is 16.2. The van der Waals surface area contributed by atoms with E-state index in [1.54, 1.807) is 0 Å². The zero-order valence-corrected chi connectivity index (χ0v) is 13.9. The lowest BCUT2D eigenvalue weighted by molar-refractivity contribution is -0.124. The van der Waals surface area contributed by atoms with Gasteiger partial charge in [0.05, 0.1) is 0 Å². The van der Waals surface area contributed by atoms with E-state index in [4.69, 9.17) is 0 Å². The molecule has 0 aliphatic carbocycles. The van der Waals surface area contributed by atoms with Crippen molar-refractivity contribution in [1.82, 2.24) is 10.6 Å². The molecule has 0 aromatic carbocycles. The van der Waals surface area contributed by atoms with Crippen LogP contribution in [-0.2, 0) is 9.59 Å². The van der Waals surface area contributed by atoms with Gasteiger partial charge < -0.3 is 10.6 Å². The fourth-order valence-corrected chi connectivity index (χ4v) is 2.13. The summed E-state index contributed by atoms with van der Waals surface area (Å²) in [5.74, 6) is 0.0674. The van der Waals surface area contributed by atoms with Crippen LogP contribution in [-0.4, -0.2) is 18.0 Å². The largest absolute Gasteiger partial charge is 0.336 e. The van der Waals surface area contributed by atoms with Gasteiger partial charge in [-0.3, -0.25) is 9.59 Å². The van der Waals surface area contributed by atoms with Gasteiger partial charge in [0.25, 0.3) is 0 Å². The number of nitrogens with one attached hydrogen (secondary N) is 2. The molecule has 0 fully saturated rings. The average Bonchev–Trinajstić information content (AvgIpc) is 2.45. The molecule has 0 rings (SSSR count). The lowest BCUT2D eigenvalue weighted by Gasteiger charge is -2.20. The highest BCUT2D eigenvalue weighted by Gasteiger charge is 2.14. The van der Waals surface area contributed by atoms with E-state index in [0.29, 0.717) is 12.8 Å². The van der Waals surface area contributed by atoms with Crippen molar-refractivity contribution < 1.29 is 9.59 Å². The molecule has 123 valence electrons. The molecule has 2 N–H and O–H groups in total. The monoisotopic (exact) mass is 297 g/mol. The van der Waals surface area contributed by atoms with Crippen molar-refractivity contribution in [2.24, 2.45) is 0 Å². The summed E-state index contributed by atoms with van der Waals surface area (Å²) in [5.41, 5.74) is 0. The summed E-state index contributed by atoms with van der Waals surface area (Å²) in [4.78, 5) is 23.7. The average molecular weight is 297 g/mol. The molecule has 1 radical (unpaired) electrons. The smallest absolute Gasteiger partial charge is 0.221 e. The van der Waals surface area contributed by atoms with Crippen molar-refractivity contribution in [2.75, 3.05) is 0 Å². The number of hydrogen-bond donors (Lipinski definition) is 2. The van der Waals surface area contributed by atoms with Crippen LogP contribution in [0.3, 0.4) is 0 Å². The predicted octanol–water partition coefficient (Wildman–Crippen LogP) is 3.71. The second kappa shape index (κ2) is 13.9. The Balaban J connectivity index is 4.11. The summed E-state index contributed by atoms with van der Waals surface area (Å²) >= 11 is 0. The van der Waals surface area contributed by atoms with E-state index in [0.717, 1.165) is 57.8 Å². The Bertz CT molecular complexity index is 256. The Morgan fingerprint density at radius 3 is 1.71 bits per heavy atom. The van der Waals surface area contributed by atoms with Crippen LogP contribution in [0.4, 0.5) is 0 Å². The summed E-state index contributed by atoms with van der Waals surface area (Å²) in [6.45, 7) is 8.04. The van der Waals surface area contributed by atoms with Gasteiger partial charge >= 0.3 is 0 Å². The van der Waals surface area contributed by atoms with Crippen molar-refractivity contribution >= 4 is 11.8 Å². The molecule has 21 heavy (non-hydrogen) atoms. The molecular weight excluding hydrogens is 264 g/mol. The zero-order valence-electron chi connectivity index (χ0n) is 13.9. The Kier molecular flexibility index (Phi) is 13.2. The van der Waals surface area contributed by atoms with Gasteiger partial charge in [0, 0.05) is 12.8 Å². The van der Waals surface area contributed by atoms with E-state index in [1.165, 1.54) is 0 Å². The van der Waals surface area contributed by atoms with Crippen LogP contribution in [0, 0.1) is 6.92 Å². The third-order valence-corrected chi connectivity index (χ3v) is 3.43. The van der Waals surface area contributed by atoms with Crippen LogP contribution in [0.2, 0.25) is 0 Å². The molecule has 4 nitrogen and oxygen atoms in total. The normalized spacial score (nSPS) is 10.7. The Morgan fingerprint density at radius 2 is 1.33 bits per heavy atom. The second-order valence-corrected chi connectivity index (χ2v) is 5.60. The number of hydrogen-bond acceptors (Lipinski definition) is 2. The number of unbranched alkanes of at least 4 members (excludes halogenated alkanes) is 5. The van der Waals surface area contributed by atoms with E-state index in [-0.39, 0.29) is 18.0 Å². The first-order valence-corrected chi connectivity index (χ1v) is 8.52. The fourth-order valence-electron chi connectivity index (χ4n) is 2.13. The third-order valence-electron chi connectivity index (χ3n) is 3.43. The first-order valence-electron chi connectivity index (χ1n) is 8.52. The SMILES string of the molecule is [CH2]CCCC(NC(=O)CCCCC)NC(=O)CCCCC. The zero-order chi connectivity index (χ0) is 15.9. The van der Waals surface area contributed by atoms with E-state index in [1.807, 2.05) is 0 Å². The van der Waals surface area contributed by atoms with Gasteiger partial charge in [0.15, 0.2) is 0 Å². The van der Waals surface area contributed by atoms with Gasteiger partial charge in [-0.05, 0) is 25.7 Å². The summed E-state index contributed by atoms with van der Waals surface area (Å²) < 4.78 is 0. The van der Waals surface area contributed by atoms with Gasteiger partial charge in [-0.1, -0.05) is 52.9 Å². The minimum absolute atomic E-state index is 0.0337. The topological polar surface area (TPSA) is 58.2 Å². The highest BCUT2D eigenvalue weighted by molar-refractivity contribution is 5.79. The molecule has 0 spiro atoms. The van der Waals surface area contributed by atoms with E-state index in [9.17, 15) is 9.59 Å². The lowest BCUT2D eigenvalue weighted by atomic mass is 10.1. The summed E-state index contributed by atoms with van der Waals surface area (Å²) in [5, 5.41) is 5.87. The lowest BCUT2D eigenvalue weighted by Crippen LogP contribution is -2.47. The Hall–Kier alpha value is -1.06. The number of carbonyl (C=O) groups is 2. The highest BCUT2D eigenvalue weighted by Crippen LogP contribution is 2.04. The molecule has 0 saturated carbocycles. The van der Waals surface area contributed by atoms with Crippen molar-refractivity contribution in [1.29, 1.82) is 0 Å². The van der Waals surface area contributed by atoms with Crippen molar-refractivity contribution in [3.63, 3.8) is 0 Å². The standard InChI is InChI=1S/C17H33N2O2/c1-4-7-10-13-16(20)18-15(12-9-6-3)19-17(21)14-11-8-5-2/h15H,3-14H2,1-2H3,(H,18,20)(H,19,21). The molecule has 2 amide bonds. The maximum absolute atomic E-state index is 11.9. The molecule has 0 heterocycles. The van der Waals surface area contributed by atoms with Crippen molar-refractivity contribution in [2.45, 2.75) is 90.6 Å². The minimum Gasteiger partial charge on any atom is -0.336 e. The quantitative estimate of drug-likeness (QED) is 0.402. The van der Waals surface area contributed by atoms with Crippen LogP contribution in [0.5, 0.6) is 0 Å². The molecule has 0 aromatic heterocycles. The van der Waals surface area contributed by atoms with Gasteiger partial charge in [0.1, 0.15) is 6.17 Å². The second-order valence-electron chi connectivity index (χ2n) is 5.60. The van der Waals surface area contributed by atoms with Gasteiger partial charge in [-0.25, -0.2) is 0 Å². The molecular formula is C17H33N2O2. The molecule has 0 saturated heterocycles. The molecule has 0 aromatic rings. The first kappa shape index (κ1) is 19.9. The molecule has 0 unspecified atom stereocenters. The van der Waals surface area contributed by atoms with Crippen LogP contribution in [0.1, 0.15) is 84.5 Å². The molecule has 4 heteroatoms. The predicted molar refractivity (Wildman–Crippen MR) is 87.6 cm³/mol. The van der Waals surface area contributed by atoms with Crippen molar-refractivity contribution in [3.8, 4) is 0 Å². The molecule has 0 aliphatic heterocycles. The van der Waals surface area contributed by atoms with Crippen LogP contribution in [0.25, 0.3) is 0 Å². The number of amides is 2. The third kappa shape index (κ3) is 12.4. The minimum atomic E-state index is -0.241. The van der Waals surface area contributed by atoms with E-state index < -0.39 is 0 Å². The summed E-state index contributed by atoms with van der Waals surface area (Å²) in [7, 11) is 0. The fraction of sp³-hybridized carbons (Fsp3) is 0.824. The van der Waals surface area contributed by atoms with Gasteiger partial charge in [-0.15, -0.1) is 0 Å².